The number of hydrogen-bond acceptors (Lipinski definition) is 4. The first-order chi connectivity index (χ1) is 13.2. The number of carbonyl (C=O) groups is 1. The minimum atomic E-state index is -0.118. The normalized spacial score (nSPS) is 11.9. The van der Waals surface area contributed by atoms with Gasteiger partial charge in [0.2, 0.25) is 0 Å². The number of aromatic nitrogens is 5. The Bertz CT molecular complexity index is 1010. The SMILES string of the molecule is C[C@@H](NC(=O)c1ccc(-n2cccn2)cc1)c1ccc(-n2cncn2)cc1. The van der Waals surface area contributed by atoms with Crippen LogP contribution in [0, 0.1) is 0 Å². The Balaban J connectivity index is 1.43. The van der Waals surface area contributed by atoms with Crippen molar-refractivity contribution in [1.29, 1.82) is 0 Å². The van der Waals surface area contributed by atoms with Crippen LogP contribution in [0.5, 0.6) is 0 Å². The number of nitrogens with one attached hydrogen (secondary N) is 1. The van der Waals surface area contributed by atoms with Crippen LogP contribution in [-0.4, -0.2) is 30.5 Å². The zero-order chi connectivity index (χ0) is 18.6. The van der Waals surface area contributed by atoms with Crippen molar-refractivity contribution < 1.29 is 4.79 Å². The van der Waals surface area contributed by atoms with E-state index >= 15 is 0 Å². The second-order valence-corrected chi connectivity index (χ2v) is 6.12. The Morgan fingerprint density at radius 1 is 0.963 bits per heavy atom. The van der Waals surface area contributed by atoms with Gasteiger partial charge in [-0.1, -0.05) is 12.1 Å². The highest BCUT2D eigenvalue weighted by molar-refractivity contribution is 5.94. The number of benzene rings is 2. The van der Waals surface area contributed by atoms with Crippen LogP contribution in [0.2, 0.25) is 0 Å². The average Bonchev–Trinajstić information content (AvgIpc) is 3.42. The van der Waals surface area contributed by atoms with Crippen LogP contribution in [0.3, 0.4) is 0 Å². The molecule has 4 rings (SSSR count). The molecule has 27 heavy (non-hydrogen) atoms. The van der Waals surface area contributed by atoms with E-state index in [1.807, 2.05) is 55.6 Å². The maximum absolute atomic E-state index is 12.5. The smallest absolute Gasteiger partial charge is 0.251 e. The third-order valence-corrected chi connectivity index (χ3v) is 4.32. The number of carbonyl (C=O) groups excluding carboxylic acids is 1. The van der Waals surface area contributed by atoms with Crippen molar-refractivity contribution >= 4 is 5.91 Å². The fourth-order valence-electron chi connectivity index (χ4n) is 2.81. The van der Waals surface area contributed by atoms with Crippen molar-refractivity contribution in [3.63, 3.8) is 0 Å². The summed E-state index contributed by atoms with van der Waals surface area (Å²) in [6, 6.07) is 16.9. The standard InChI is InChI=1S/C20H18N6O/c1-15(16-3-7-19(8-4-16)26-14-21-13-23-26)24-20(27)17-5-9-18(10-6-17)25-12-2-11-22-25/h2-15H,1H3,(H,24,27)/t15-/m1/s1. The van der Waals surface area contributed by atoms with E-state index in [1.165, 1.54) is 6.33 Å². The van der Waals surface area contributed by atoms with E-state index < -0.39 is 0 Å². The lowest BCUT2D eigenvalue weighted by atomic mass is 10.1. The van der Waals surface area contributed by atoms with E-state index in [-0.39, 0.29) is 11.9 Å². The third kappa shape index (κ3) is 3.62. The lowest BCUT2D eigenvalue weighted by molar-refractivity contribution is 0.0940. The summed E-state index contributed by atoms with van der Waals surface area (Å²) in [5, 5.41) is 11.3. The first kappa shape index (κ1) is 16.7. The second-order valence-electron chi connectivity index (χ2n) is 6.12. The Labute approximate surface area is 156 Å². The van der Waals surface area contributed by atoms with E-state index in [0.717, 1.165) is 16.9 Å². The van der Waals surface area contributed by atoms with E-state index in [2.05, 4.69) is 20.5 Å². The molecule has 0 aliphatic rings. The van der Waals surface area contributed by atoms with Gasteiger partial charge in [-0.15, -0.1) is 0 Å². The molecule has 134 valence electrons. The molecule has 0 bridgehead atoms. The van der Waals surface area contributed by atoms with Crippen molar-refractivity contribution in [3.8, 4) is 11.4 Å². The molecule has 0 unspecified atom stereocenters. The summed E-state index contributed by atoms with van der Waals surface area (Å²) in [6.45, 7) is 1.96. The molecular weight excluding hydrogens is 340 g/mol. The van der Waals surface area contributed by atoms with Gasteiger partial charge < -0.3 is 5.32 Å². The highest BCUT2D eigenvalue weighted by Gasteiger charge is 2.12. The largest absolute Gasteiger partial charge is 0.346 e. The van der Waals surface area contributed by atoms with Gasteiger partial charge in [0, 0.05) is 18.0 Å². The molecule has 1 atom stereocenters. The van der Waals surface area contributed by atoms with E-state index in [0.29, 0.717) is 5.56 Å². The van der Waals surface area contributed by atoms with Crippen LogP contribution in [0.15, 0.2) is 79.6 Å². The first-order valence-corrected chi connectivity index (χ1v) is 8.56. The van der Waals surface area contributed by atoms with Gasteiger partial charge in [-0.05, 0) is 55.0 Å². The molecule has 4 aromatic rings. The molecule has 0 fully saturated rings. The third-order valence-electron chi connectivity index (χ3n) is 4.32. The monoisotopic (exact) mass is 358 g/mol. The fraction of sp³-hybridized carbons (Fsp3) is 0.100. The predicted molar refractivity (Wildman–Crippen MR) is 101 cm³/mol. The van der Waals surface area contributed by atoms with Gasteiger partial charge in [-0.2, -0.15) is 10.2 Å². The highest BCUT2D eigenvalue weighted by Crippen LogP contribution is 2.16. The van der Waals surface area contributed by atoms with Gasteiger partial charge in [-0.25, -0.2) is 14.3 Å². The number of rotatable bonds is 5. The number of nitrogens with zero attached hydrogens (tertiary/aromatic N) is 5. The summed E-state index contributed by atoms with van der Waals surface area (Å²) in [6.07, 6.45) is 6.72. The van der Waals surface area contributed by atoms with Crippen molar-refractivity contribution in [1.82, 2.24) is 29.9 Å². The van der Waals surface area contributed by atoms with Crippen molar-refractivity contribution in [2.75, 3.05) is 0 Å². The molecule has 1 N–H and O–H groups in total. The zero-order valence-corrected chi connectivity index (χ0v) is 14.7. The van der Waals surface area contributed by atoms with Gasteiger partial charge in [0.05, 0.1) is 17.4 Å². The Morgan fingerprint density at radius 2 is 1.67 bits per heavy atom. The molecule has 0 spiro atoms. The van der Waals surface area contributed by atoms with Crippen LogP contribution in [0.25, 0.3) is 11.4 Å². The maximum Gasteiger partial charge on any atom is 0.251 e. The Kier molecular flexibility index (Phi) is 4.49. The van der Waals surface area contributed by atoms with Gasteiger partial charge in [0.25, 0.3) is 5.91 Å². The van der Waals surface area contributed by atoms with Crippen molar-refractivity contribution in [3.05, 3.63) is 90.8 Å². The summed E-state index contributed by atoms with van der Waals surface area (Å²) in [5.74, 6) is -0.116. The average molecular weight is 358 g/mol. The molecule has 2 heterocycles. The fourth-order valence-corrected chi connectivity index (χ4v) is 2.81. The molecule has 0 aliphatic carbocycles. The molecule has 7 heteroatoms. The van der Waals surface area contributed by atoms with E-state index in [1.54, 1.807) is 34.0 Å². The minimum Gasteiger partial charge on any atom is -0.346 e. The molecule has 0 radical (unpaired) electrons. The molecule has 0 saturated heterocycles. The maximum atomic E-state index is 12.5. The molecular formula is C20H18N6O. The van der Waals surface area contributed by atoms with E-state index in [9.17, 15) is 4.79 Å². The minimum absolute atomic E-state index is 0.116. The molecule has 0 saturated carbocycles. The molecule has 2 aromatic heterocycles. The summed E-state index contributed by atoms with van der Waals surface area (Å²) in [4.78, 5) is 16.5. The van der Waals surface area contributed by atoms with Crippen molar-refractivity contribution in [2.24, 2.45) is 0 Å². The molecule has 7 nitrogen and oxygen atoms in total. The summed E-state index contributed by atoms with van der Waals surface area (Å²) in [7, 11) is 0. The summed E-state index contributed by atoms with van der Waals surface area (Å²) in [5.41, 5.74) is 3.45. The molecule has 2 aromatic carbocycles. The summed E-state index contributed by atoms with van der Waals surface area (Å²) < 4.78 is 3.44. The van der Waals surface area contributed by atoms with Crippen LogP contribution in [0.4, 0.5) is 0 Å². The molecule has 1 amide bonds. The zero-order valence-electron chi connectivity index (χ0n) is 14.7. The van der Waals surface area contributed by atoms with Gasteiger partial charge >= 0.3 is 0 Å². The van der Waals surface area contributed by atoms with Gasteiger partial charge in [-0.3, -0.25) is 4.79 Å². The number of amides is 1. The van der Waals surface area contributed by atoms with E-state index in [4.69, 9.17) is 0 Å². The lowest BCUT2D eigenvalue weighted by Crippen LogP contribution is -2.26. The predicted octanol–water partition coefficient (Wildman–Crippen LogP) is 2.94. The first-order valence-electron chi connectivity index (χ1n) is 8.56. The van der Waals surface area contributed by atoms with Crippen molar-refractivity contribution in [2.45, 2.75) is 13.0 Å². The number of hydrogen-bond donors (Lipinski definition) is 1. The Hall–Kier alpha value is -3.74. The van der Waals surface area contributed by atoms with Crippen LogP contribution >= 0.6 is 0 Å². The summed E-state index contributed by atoms with van der Waals surface area (Å²) >= 11 is 0. The molecule has 0 aliphatic heterocycles. The van der Waals surface area contributed by atoms with Crippen LogP contribution < -0.4 is 5.32 Å². The quantitative estimate of drug-likeness (QED) is 0.595. The lowest BCUT2D eigenvalue weighted by Gasteiger charge is -2.15. The van der Waals surface area contributed by atoms with Gasteiger partial charge in [0.15, 0.2) is 0 Å². The van der Waals surface area contributed by atoms with Crippen LogP contribution in [0.1, 0.15) is 28.9 Å². The topological polar surface area (TPSA) is 77.6 Å². The highest BCUT2D eigenvalue weighted by atomic mass is 16.1. The second kappa shape index (κ2) is 7.25. The van der Waals surface area contributed by atoms with Crippen LogP contribution in [-0.2, 0) is 0 Å². The Morgan fingerprint density at radius 3 is 2.30 bits per heavy atom. The van der Waals surface area contributed by atoms with Gasteiger partial charge in [0.1, 0.15) is 12.7 Å².